The van der Waals surface area contributed by atoms with E-state index in [-0.39, 0.29) is 24.2 Å². The number of benzene rings is 2. The van der Waals surface area contributed by atoms with Crippen LogP contribution < -0.4 is 19.5 Å². The standard InChI is InChI=1S/C32H37NO6/c1-37-22-8-6-21(25(16-22)38-2)17-33-30(35)23-9-7-20-15-24-19(14-18-4-3-5-18)10-13-32-26(34)11-12-31(24,36)29(32)27(20)28(23)39-32/h6-9,16,18-19,24,29,36H,3-5,10-15,17H2,1-2H3,(H,33,35)/t19?,24-,29?,31+,32?/m0/s1. The van der Waals surface area contributed by atoms with Gasteiger partial charge in [-0.15, -0.1) is 0 Å². The van der Waals surface area contributed by atoms with Crippen molar-refractivity contribution in [1.29, 1.82) is 0 Å². The highest BCUT2D eigenvalue weighted by Crippen LogP contribution is 2.66. The minimum atomic E-state index is -1.06. The third kappa shape index (κ3) is 3.58. The summed E-state index contributed by atoms with van der Waals surface area (Å²) in [7, 11) is 3.19. The van der Waals surface area contributed by atoms with Crippen LogP contribution in [0.4, 0.5) is 0 Å². The van der Waals surface area contributed by atoms with Crippen LogP contribution in [0.1, 0.15) is 84.3 Å². The number of methoxy groups -OCH3 is 2. The van der Waals surface area contributed by atoms with Crippen LogP contribution in [-0.2, 0) is 17.8 Å². The summed E-state index contributed by atoms with van der Waals surface area (Å²) in [4.78, 5) is 27.2. The number of aliphatic hydroxyl groups is 1. The molecular weight excluding hydrogens is 494 g/mol. The quantitative estimate of drug-likeness (QED) is 0.537. The van der Waals surface area contributed by atoms with Crippen molar-refractivity contribution in [2.24, 2.45) is 17.8 Å². The molecule has 206 valence electrons. The second kappa shape index (κ2) is 8.98. The fourth-order valence-corrected chi connectivity index (χ4v) is 8.47. The van der Waals surface area contributed by atoms with Crippen LogP contribution in [0.3, 0.4) is 0 Å². The predicted molar refractivity (Wildman–Crippen MR) is 144 cm³/mol. The zero-order chi connectivity index (χ0) is 26.9. The largest absolute Gasteiger partial charge is 0.497 e. The van der Waals surface area contributed by atoms with E-state index in [0.717, 1.165) is 41.9 Å². The molecule has 3 fully saturated rings. The average Bonchev–Trinajstić information content (AvgIpc) is 3.29. The van der Waals surface area contributed by atoms with Gasteiger partial charge in [0.1, 0.15) is 17.2 Å². The summed E-state index contributed by atoms with van der Waals surface area (Å²) in [6.07, 6.45) is 8.13. The van der Waals surface area contributed by atoms with Crippen LogP contribution in [0.5, 0.6) is 17.2 Å². The molecule has 1 heterocycles. The van der Waals surface area contributed by atoms with Crippen LogP contribution in [0, 0.1) is 17.8 Å². The van der Waals surface area contributed by atoms with Crippen LogP contribution in [0.2, 0.25) is 0 Å². The number of rotatable bonds is 7. The second-order valence-corrected chi connectivity index (χ2v) is 12.4. The Kier molecular flexibility index (Phi) is 5.74. The number of Topliss-reactive ketones (excluding diaryl/α,β-unsaturated/α-hetero) is 1. The summed E-state index contributed by atoms with van der Waals surface area (Å²) in [6.45, 7) is 0.269. The Morgan fingerprint density at radius 3 is 2.72 bits per heavy atom. The van der Waals surface area contributed by atoms with Crippen molar-refractivity contribution in [1.82, 2.24) is 5.32 Å². The molecule has 5 aliphatic rings. The molecule has 7 nitrogen and oxygen atoms in total. The number of carbonyl (C=O) groups excluding carboxylic acids is 2. The highest BCUT2D eigenvalue weighted by Gasteiger charge is 2.70. The first kappa shape index (κ1) is 24.9. The molecule has 3 unspecified atom stereocenters. The molecule has 1 aliphatic heterocycles. The first-order valence-corrected chi connectivity index (χ1v) is 14.5. The van der Waals surface area contributed by atoms with Gasteiger partial charge in [0, 0.05) is 30.2 Å². The van der Waals surface area contributed by atoms with Gasteiger partial charge in [-0.25, -0.2) is 0 Å². The number of ether oxygens (including phenoxy) is 3. The van der Waals surface area contributed by atoms with Gasteiger partial charge in [-0.2, -0.15) is 0 Å². The number of hydrogen-bond acceptors (Lipinski definition) is 6. The maximum Gasteiger partial charge on any atom is 0.255 e. The van der Waals surface area contributed by atoms with E-state index >= 15 is 0 Å². The third-order valence-corrected chi connectivity index (χ3v) is 10.6. The van der Waals surface area contributed by atoms with Crippen molar-refractivity contribution in [2.45, 2.75) is 81.5 Å². The zero-order valence-corrected chi connectivity index (χ0v) is 22.8. The van der Waals surface area contributed by atoms with E-state index in [1.165, 1.54) is 19.3 Å². The normalized spacial score (nSPS) is 32.1. The SMILES string of the molecule is COc1ccc(CNC(=O)c2ccc3c4c2OC25CCC(CC6CCC6)[C@H](C3)[C@](O)(CCC2=O)C45)c(OC)c1. The lowest BCUT2D eigenvalue weighted by molar-refractivity contribution is -0.160. The van der Waals surface area contributed by atoms with E-state index in [4.69, 9.17) is 14.2 Å². The summed E-state index contributed by atoms with van der Waals surface area (Å²) >= 11 is 0. The summed E-state index contributed by atoms with van der Waals surface area (Å²) in [5.74, 6) is 2.51. The van der Waals surface area contributed by atoms with E-state index in [1.807, 2.05) is 24.3 Å². The maximum absolute atomic E-state index is 13.6. The Balaban J connectivity index is 1.23. The van der Waals surface area contributed by atoms with Gasteiger partial charge in [0.25, 0.3) is 5.91 Å². The van der Waals surface area contributed by atoms with E-state index in [1.54, 1.807) is 20.3 Å². The monoisotopic (exact) mass is 531 g/mol. The molecule has 2 N–H and O–H groups in total. The van der Waals surface area contributed by atoms with E-state index in [9.17, 15) is 14.7 Å². The van der Waals surface area contributed by atoms with Crippen LogP contribution in [0.25, 0.3) is 0 Å². The summed E-state index contributed by atoms with van der Waals surface area (Å²) < 4.78 is 17.5. The lowest BCUT2D eigenvalue weighted by atomic mass is 9.54. The second-order valence-electron chi connectivity index (χ2n) is 12.4. The Morgan fingerprint density at radius 2 is 1.97 bits per heavy atom. The molecule has 2 aromatic carbocycles. The molecule has 1 amide bonds. The predicted octanol–water partition coefficient (Wildman–Crippen LogP) is 4.72. The third-order valence-electron chi connectivity index (χ3n) is 10.6. The Morgan fingerprint density at radius 1 is 1.13 bits per heavy atom. The summed E-state index contributed by atoms with van der Waals surface area (Å²) in [5.41, 5.74) is 1.26. The van der Waals surface area contributed by atoms with Gasteiger partial charge in [0.2, 0.25) is 0 Å². The molecular formula is C32H37NO6. The molecule has 0 radical (unpaired) electrons. The molecule has 7 heteroatoms. The molecule has 5 atom stereocenters. The molecule has 0 saturated heterocycles. The van der Waals surface area contributed by atoms with Gasteiger partial charge in [0.15, 0.2) is 11.4 Å². The van der Waals surface area contributed by atoms with Crippen molar-refractivity contribution in [3.8, 4) is 17.2 Å². The highest BCUT2D eigenvalue weighted by molar-refractivity contribution is 6.00. The molecule has 2 aromatic rings. The van der Waals surface area contributed by atoms with E-state index in [2.05, 4.69) is 5.32 Å². The Labute approximate surface area is 229 Å². The van der Waals surface area contributed by atoms with Crippen molar-refractivity contribution in [2.75, 3.05) is 14.2 Å². The lowest BCUT2D eigenvalue weighted by Crippen LogP contribution is -2.62. The van der Waals surface area contributed by atoms with Gasteiger partial charge in [-0.05, 0) is 73.6 Å². The molecule has 0 aromatic heterocycles. The van der Waals surface area contributed by atoms with Crippen LogP contribution in [0.15, 0.2) is 30.3 Å². The Bertz CT molecular complexity index is 1350. The molecule has 39 heavy (non-hydrogen) atoms. The van der Waals surface area contributed by atoms with Crippen LogP contribution >= 0.6 is 0 Å². The van der Waals surface area contributed by atoms with Crippen molar-refractivity contribution < 1.29 is 28.9 Å². The van der Waals surface area contributed by atoms with Crippen LogP contribution in [-0.4, -0.2) is 42.2 Å². The first-order chi connectivity index (χ1) is 18.9. The van der Waals surface area contributed by atoms with Gasteiger partial charge in [-0.3, -0.25) is 9.59 Å². The molecule has 7 rings (SSSR count). The van der Waals surface area contributed by atoms with E-state index < -0.39 is 17.1 Å². The number of carbonyl (C=O) groups is 2. The molecule has 4 aliphatic carbocycles. The van der Waals surface area contributed by atoms with Gasteiger partial charge >= 0.3 is 0 Å². The minimum Gasteiger partial charge on any atom is -0.497 e. The minimum absolute atomic E-state index is 0.0820. The van der Waals surface area contributed by atoms with Crippen molar-refractivity contribution >= 4 is 11.7 Å². The fourth-order valence-electron chi connectivity index (χ4n) is 8.47. The van der Waals surface area contributed by atoms with Crippen molar-refractivity contribution in [3.63, 3.8) is 0 Å². The number of ketones is 1. The van der Waals surface area contributed by atoms with E-state index in [0.29, 0.717) is 48.0 Å². The first-order valence-electron chi connectivity index (χ1n) is 14.5. The summed E-state index contributed by atoms with van der Waals surface area (Å²) in [5, 5.41) is 15.4. The number of amides is 1. The molecule has 4 bridgehead atoms. The van der Waals surface area contributed by atoms with Gasteiger partial charge in [-0.1, -0.05) is 25.3 Å². The topological polar surface area (TPSA) is 94.1 Å². The zero-order valence-electron chi connectivity index (χ0n) is 22.8. The highest BCUT2D eigenvalue weighted by atomic mass is 16.5. The van der Waals surface area contributed by atoms with Crippen molar-refractivity contribution in [3.05, 3.63) is 52.6 Å². The number of hydrogen-bond donors (Lipinski definition) is 2. The molecule has 3 saturated carbocycles. The smallest absolute Gasteiger partial charge is 0.255 e. The fraction of sp³-hybridized carbons (Fsp3) is 0.562. The van der Waals surface area contributed by atoms with Gasteiger partial charge < -0.3 is 24.6 Å². The van der Waals surface area contributed by atoms with Gasteiger partial charge in [0.05, 0.1) is 31.3 Å². The summed E-state index contributed by atoms with van der Waals surface area (Å²) in [6, 6.07) is 9.37. The lowest BCUT2D eigenvalue weighted by Gasteiger charge is -2.52. The Hall–Kier alpha value is -3.06. The number of nitrogens with one attached hydrogen (secondary N) is 1. The average molecular weight is 532 g/mol. The molecule has 0 spiro atoms. The maximum atomic E-state index is 13.6.